The van der Waals surface area contributed by atoms with Crippen LogP contribution >= 0.6 is 27.5 Å². The third-order valence-corrected chi connectivity index (χ3v) is 9.54. The van der Waals surface area contributed by atoms with Gasteiger partial charge in [0.2, 0.25) is 16.0 Å². The van der Waals surface area contributed by atoms with E-state index in [9.17, 15) is 12.8 Å². The quantitative estimate of drug-likeness (QED) is 0.256. The van der Waals surface area contributed by atoms with Crippen LogP contribution in [0.4, 0.5) is 38.9 Å². The lowest BCUT2D eigenvalue weighted by Crippen LogP contribution is -2.45. The monoisotopic (exact) mass is 694 g/mol. The van der Waals surface area contributed by atoms with Crippen LogP contribution < -0.4 is 20.3 Å². The van der Waals surface area contributed by atoms with Crippen molar-refractivity contribution in [1.82, 2.24) is 19.8 Å². The zero-order chi connectivity index (χ0) is 30.9. The molecule has 2 saturated heterocycles. The minimum Gasteiger partial charge on any atom is -0.371 e. The Morgan fingerprint density at radius 1 is 1.05 bits per heavy atom. The van der Waals surface area contributed by atoms with E-state index in [-0.39, 0.29) is 11.6 Å². The molecule has 2 aliphatic rings. The summed E-state index contributed by atoms with van der Waals surface area (Å²) in [6, 6.07) is 9.02. The van der Waals surface area contributed by atoms with Crippen LogP contribution in [0.25, 0.3) is 0 Å². The zero-order valence-electron chi connectivity index (χ0n) is 24.7. The number of anilines is 6. The molecule has 5 rings (SSSR count). The fourth-order valence-corrected chi connectivity index (χ4v) is 6.84. The molecule has 0 saturated carbocycles. The molecule has 232 valence electrons. The van der Waals surface area contributed by atoms with E-state index in [1.807, 2.05) is 12.1 Å². The van der Waals surface area contributed by atoms with Gasteiger partial charge in [-0.05, 0) is 86.0 Å². The van der Waals surface area contributed by atoms with E-state index in [1.165, 1.54) is 25.1 Å². The molecule has 2 aromatic carbocycles. The van der Waals surface area contributed by atoms with Gasteiger partial charge in [-0.25, -0.2) is 17.8 Å². The molecule has 2 aliphatic heterocycles. The Labute approximate surface area is 266 Å². The van der Waals surface area contributed by atoms with Gasteiger partial charge in [0.15, 0.2) is 0 Å². The van der Waals surface area contributed by atoms with Crippen molar-refractivity contribution in [3.63, 3.8) is 0 Å². The van der Waals surface area contributed by atoms with Gasteiger partial charge in [0.05, 0.1) is 32.8 Å². The highest BCUT2D eigenvalue weighted by Crippen LogP contribution is 2.36. The first-order valence-corrected chi connectivity index (χ1v) is 17.2. The van der Waals surface area contributed by atoms with E-state index >= 15 is 0 Å². The van der Waals surface area contributed by atoms with Crippen LogP contribution in [-0.4, -0.2) is 86.8 Å². The van der Waals surface area contributed by atoms with E-state index in [4.69, 9.17) is 11.6 Å². The Morgan fingerprint density at radius 3 is 2.47 bits per heavy atom. The number of hydrogen-bond donors (Lipinski definition) is 3. The van der Waals surface area contributed by atoms with E-state index < -0.39 is 15.8 Å². The van der Waals surface area contributed by atoms with Crippen molar-refractivity contribution >= 4 is 72.1 Å². The predicted octanol–water partition coefficient (Wildman–Crippen LogP) is 5.80. The molecule has 0 amide bonds. The second-order valence-electron chi connectivity index (χ2n) is 11.4. The van der Waals surface area contributed by atoms with E-state index in [1.54, 1.807) is 6.20 Å². The molecule has 1 atom stereocenters. The molecule has 1 aromatic heterocycles. The normalized spacial score (nSPS) is 18.3. The zero-order valence-corrected chi connectivity index (χ0v) is 27.8. The van der Waals surface area contributed by atoms with E-state index in [0.717, 1.165) is 56.0 Å². The number of piperidine rings is 1. The number of nitrogens with one attached hydrogen (secondary N) is 3. The molecule has 0 spiro atoms. The SMILES string of the molecule is Cc1cc(Nc2ncc(Br)c(Nc3ccc(F)cc3NS(C)(=O)=O)n2)c(Cl)cc1N1CCC(N2CCC(N(C)C)C2)CC1. The lowest BCUT2D eigenvalue weighted by molar-refractivity contribution is 0.189. The summed E-state index contributed by atoms with van der Waals surface area (Å²) < 4.78 is 40.3. The van der Waals surface area contributed by atoms with Crippen LogP contribution in [0.3, 0.4) is 0 Å². The minimum absolute atomic E-state index is 0.0546. The number of halogens is 3. The van der Waals surface area contributed by atoms with Gasteiger partial charge < -0.3 is 20.4 Å². The summed E-state index contributed by atoms with van der Waals surface area (Å²) in [5, 5.41) is 6.80. The first kappa shape index (κ1) is 31.7. The summed E-state index contributed by atoms with van der Waals surface area (Å²) in [5.41, 5.74) is 3.26. The molecule has 0 radical (unpaired) electrons. The van der Waals surface area contributed by atoms with Gasteiger partial charge in [-0.3, -0.25) is 9.62 Å². The topological polar surface area (TPSA) is 106 Å². The van der Waals surface area contributed by atoms with Crippen molar-refractivity contribution in [2.45, 2.75) is 38.3 Å². The third-order valence-electron chi connectivity index (χ3n) is 8.05. The molecule has 2 fully saturated rings. The van der Waals surface area contributed by atoms with Crippen LogP contribution in [0, 0.1) is 12.7 Å². The largest absolute Gasteiger partial charge is 0.371 e. The number of hydrogen-bond acceptors (Lipinski definition) is 9. The summed E-state index contributed by atoms with van der Waals surface area (Å²) in [5.74, 6) is 0.0493. The van der Waals surface area contributed by atoms with Crippen molar-refractivity contribution < 1.29 is 12.8 Å². The van der Waals surface area contributed by atoms with Gasteiger partial charge in [0, 0.05) is 56.2 Å². The van der Waals surface area contributed by atoms with Gasteiger partial charge in [-0.15, -0.1) is 0 Å². The van der Waals surface area contributed by atoms with Crippen molar-refractivity contribution in [2.75, 3.05) is 66.8 Å². The summed E-state index contributed by atoms with van der Waals surface area (Å²) in [7, 11) is 0.709. The molecule has 43 heavy (non-hydrogen) atoms. The van der Waals surface area contributed by atoms with Gasteiger partial charge >= 0.3 is 0 Å². The number of likely N-dealkylation sites (N-methyl/N-ethyl adjacent to an activating group) is 1. The molecular weight excluding hydrogens is 659 g/mol. The number of nitrogens with zero attached hydrogens (tertiary/aromatic N) is 5. The third kappa shape index (κ3) is 7.88. The molecule has 3 aromatic rings. The molecule has 10 nitrogen and oxygen atoms in total. The van der Waals surface area contributed by atoms with Crippen molar-refractivity contribution in [3.8, 4) is 0 Å². The number of rotatable bonds is 9. The Bertz CT molecular complexity index is 1590. The average Bonchev–Trinajstić information content (AvgIpc) is 3.44. The predicted molar refractivity (Wildman–Crippen MR) is 176 cm³/mol. The Kier molecular flexibility index (Phi) is 9.67. The lowest BCUT2D eigenvalue weighted by Gasteiger charge is -2.38. The van der Waals surface area contributed by atoms with Crippen molar-refractivity contribution in [1.29, 1.82) is 0 Å². The fraction of sp³-hybridized carbons (Fsp3) is 0.448. The number of aromatic nitrogens is 2. The molecular formula is C29H37BrClFN8O2S. The smallest absolute Gasteiger partial charge is 0.229 e. The summed E-state index contributed by atoms with van der Waals surface area (Å²) in [6.07, 6.45) is 6.07. The average molecular weight is 696 g/mol. The molecule has 0 aliphatic carbocycles. The van der Waals surface area contributed by atoms with E-state index in [0.29, 0.717) is 38.8 Å². The lowest BCUT2D eigenvalue weighted by atomic mass is 10.0. The van der Waals surface area contributed by atoms with Crippen LogP contribution in [0.15, 0.2) is 41.0 Å². The van der Waals surface area contributed by atoms with Gasteiger partial charge in [0.1, 0.15) is 11.6 Å². The number of sulfonamides is 1. The van der Waals surface area contributed by atoms with Gasteiger partial charge in [-0.2, -0.15) is 4.98 Å². The minimum atomic E-state index is -3.64. The van der Waals surface area contributed by atoms with Gasteiger partial charge in [-0.1, -0.05) is 11.6 Å². The number of benzene rings is 2. The number of aryl methyl sites for hydroxylation is 1. The summed E-state index contributed by atoms with van der Waals surface area (Å²) >= 11 is 10.2. The Morgan fingerprint density at radius 2 is 1.79 bits per heavy atom. The maximum Gasteiger partial charge on any atom is 0.229 e. The summed E-state index contributed by atoms with van der Waals surface area (Å²) in [4.78, 5) is 16.3. The van der Waals surface area contributed by atoms with Gasteiger partial charge in [0.25, 0.3) is 0 Å². The Balaban J connectivity index is 1.27. The summed E-state index contributed by atoms with van der Waals surface area (Å²) in [6.45, 7) is 6.38. The molecule has 0 bridgehead atoms. The molecule has 3 heterocycles. The van der Waals surface area contributed by atoms with Crippen molar-refractivity contribution in [3.05, 3.63) is 57.4 Å². The highest BCUT2D eigenvalue weighted by atomic mass is 79.9. The first-order valence-electron chi connectivity index (χ1n) is 14.2. The standard InChI is InChI=1S/C29H37BrClFN8O2S/c1-18-13-25(23(31)15-27(18)39-10-7-20(8-11-39)40-12-9-21(17-40)38(2)3)35-29-33-16-22(30)28(36-29)34-24-6-5-19(32)14-26(24)37-43(4,41)42/h5-6,13-16,20-21,37H,7-12,17H2,1-4H3,(H2,33,34,35,36). The maximum absolute atomic E-state index is 13.9. The van der Waals surface area contributed by atoms with Crippen LogP contribution in [-0.2, 0) is 10.0 Å². The molecule has 3 N–H and O–H groups in total. The van der Waals surface area contributed by atoms with Crippen LogP contribution in [0.5, 0.6) is 0 Å². The highest BCUT2D eigenvalue weighted by molar-refractivity contribution is 9.10. The fourth-order valence-electron chi connectivity index (χ4n) is 5.77. The number of likely N-dealkylation sites (tertiary alicyclic amines) is 1. The molecule has 14 heteroatoms. The molecule has 1 unspecified atom stereocenters. The van der Waals surface area contributed by atoms with Crippen LogP contribution in [0.1, 0.15) is 24.8 Å². The second-order valence-corrected chi connectivity index (χ2v) is 14.5. The first-order chi connectivity index (χ1) is 20.4. The highest BCUT2D eigenvalue weighted by Gasteiger charge is 2.32. The van der Waals surface area contributed by atoms with Crippen molar-refractivity contribution in [2.24, 2.45) is 0 Å². The van der Waals surface area contributed by atoms with E-state index in [2.05, 4.69) is 77.0 Å². The van der Waals surface area contributed by atoms with Crippen LogP contribution in [0.2, 0.25) is 5.02 Å². The second kappa shape index (κ2) is 13.1. The Hall–Kier alpha value is -2.71. The maximum atomic E-state index is 13.9.